The van der Waals surface area contributed by atoms with Crippen molar-refractivity contribution in [1.82, 2.24) is 20.5 Å². The number of nitrogens with zero attached hydrogens (tertiary/aromatic N) is 3. The van der Waals surface area contributed by atoms with E-state index in [4.69, 9.17) is 10.6 Å². The molecule has 3 rings (SSSR count). The highest BCUT2D eigenvalue weighted by atomic mass is 16.6. The van der Waals surface area contributed by atoms with Gasteiger partial charge in [-0.15, -0.1) is 0 Å². The zero-order valence-electron chi connectivity index (χ0n) is 21.8. The average molecular weight is 527 g/mol. The lowest BCUT2D eigenvalue weighted by Crippen LogP contribution is -2.56. The van der Waals surface area contributed by atoms with E-state index in [1.54, 1.807) is 36.2 Å². The summed E-state index contributed by atoms with van der Waals surface area (Å²) in [4.78, 5) is 48.7. The molecule has 1 aliphatic carbocycles. The Morgan fingerprint density at radius 1 is 1.26 bits per heavy atom. The molecule has 1 fully saturated rings. The van der Waals surface area contributed by atoms with Gasteiger partial charge in [0.05, 0.1) is 12.6 Å². The highest BCUT2D eigenvalue weighted by Crippen LogP contribution is 2.28. The number of aromatic nitrogens is 1. The lowest BCUT2D eigenvalue weighted by Gasteiger charge is -2.36. The number of carboxylic acid groups (broad SMARTS) is 1. The second-order valence-electron chi connectivity index (χ2n) is 9.60. The molecule has 206 valence electrons. The van der Waals surface area contributed by atoms with Gasteiger partial charge in [-0.05, 0) is 43.4 Å². The first-order valence-electron chi connectivity index (χ1n) is 13.1. The molecule has 1 saturated carbocycles. The maximum absolute atomic E-state index is 13.6. The molecule has 2 amide bonds. The highest BCUT2D eigenvalue weighted by Gasteiger charge is 2.35. The first-order valence-corrected chi connectivity index (χ1v) is 13.1. The summed E-state index contributed by atoms with van der Waals surface area (Å²) in [5.74, 6) is -1.03. The fourth-order valence-corrected chi connectivity index (χ4v) is 4.78. The van der Waals surface area contributed by atoms with Gasteiger partial charge in [0.15, 0.2) is 5.84 Å². The molecule has 11 heteroatoms. The summed E-state index contributed by atoms with van der Waals surface area (Å²) < 4.78 is 0. The van der Waals surface area contributed by atoms with Gasteiger partial charge in [-0.2, -0.15) is 0 Å². The molecule has 0 radical (unpaired) electrons. The summed E-state index contributed by atoms with van der Waals surface area (Å²) in [6, 6.07) is 2.14. The van der Waals surface area contributed by atoms with Crippen LogP contribution in [0.1, 0.15) is 63.1 Å². The van der Waals surface area contributed by atoms with Crippen molar-refractivity contribution in [1.29, 1.82) is 0 Å². The molecule has 1 aromatic heterocycles. The van der Waals surface area contributed by atoms with E-state index in [-0.39, 0.29) is 30.7 Å². The number of carboxylic acids is 1. The summed E-state index contributed by atoms with van der Waals surface area (Å²) in [6.45, 7) is 2.02. The average Bonchev–Trinajstić information content (AvgIpc) is 2.94. The third kappa shape index (κ3) is 8.69. The molecule has 5 N–H and O–H groups in total. The fraction of sp³-hybridized carbons (Fsp3) is 0.519. The Labute approximate surface area is 223 Å². The molecule has 2 atom stereocenters. The van der Waals surface area contributed by atoms with E-state index >= 15 is 0 Å². The molecule has 2 heterocycles. The summed E-state index contributed by atoms with van der Waals surface area (Å²) in [5, 5.41) is 18.7. The minimum atomic E-state index is -1.02. The van der Waals surface area contributed by atoms with Gasteiger partial charge >= 0.3 is 5.97 Å². The normalized spacial score (nSPS) is 19.3. The van der Waals surface area contributed by atoms with Gasteiger partial charge in [0.1, 0.15) is 18.0 Å². The van der Waals surface area contributed by atoms with Crippen LogP contribution in [0.4, 0.5) is 0 Å². The Balaban J connectivity index is 1.62. The van der Waals surface area contributed by atoms with Gasteiger partial charge in [0.2, 0.25) is 11.8 Å². The molecule has 0 spiro atoms. The predicted molar refractivity (Wildman–Crippen MR) is 143 cm³/mol. The van der Waals surface area contributed by atoms with E-state index < -0.39 is 18.1 Å². The van der Waals surface area contributed by atoms with E-state index in [0.717, 1.165) is 31.2 Å². The zero-order valence-corrected chi connectivity index (χ0v) is 21.8. The van der Waals surface area contributed by atoms with Crippen molar-refractivity contribution in [3.05, 3.63) is 54.1 Å². The van der Waals surface area contributed by atoms with Crippen LogP contribution in [0.25, 0.3) is 0 Å². The van der Waals surface area contributed by atoms with Gasteiger partial charge in [0.25, 0.3) is 0 Å². The number of rotatable bonds is 12. The van der Waals surface area contributed by atoms with E-state index in [9.17, 15) is 19.5 Å². The molecular weight excluding hydrogens is 488 g/mol. The van der Waals surface area contributed by atoms with Gasteiger partial charge in [-0.25, -0.2) is 0 Å². The van der Waals surface area contributed by atoms with E-state index in [1.165, 1.54) is 12.7 Å². The number of amides is 2. The molecule has 38 heavy (non-hydrogen) atoms. The third-order valence-corrected chi connectivity index (χ3v) is 6.78. The monoisotopic (exact) mass is 526 g/mol. The highest BCUT2D eigenvalue weighted by molar-refractivity contribution is 5.95. The molecule has 0 aromatic carbocycles. The van der Waals surface area contributed by atoms with Crippen LogP contribution in [0.3, 0.4) is 0 Å². The summed E-state index contributed by atoms with van der Waals surface area (Å²) >= 11 is 0. The Hall–Kier alpha value is -3.73. The summed E-state index contributed by atoms with van der Waals surface area (Å²) in [7, 11) is 0. The van der Waals surface area contributed by atoms with Crippen LogP contribution in [0.5, 0.6) is 0 Å². The molecule has 0 bridgehead atoms. The van der Waals surface area contributed by atoms with Gasteiger partial charge in [0, 0.05) is 19.3 Å². The minimum absolute atomic E-state index is 0.126. The number of pyridine rings is 1. The van der Waals surface area contributed by atoms with Crippen LogP contribution in [-0.4, -0.2) is 63.8 Å². The molecule has 11 nitrogen and oxygen atoms in total. The van der Waals surface area contributed by atoms with Crippen molar-refractivity contribution in [2.75, 3.05) is 13.1 Å². The van der Waals surface area contributed by atoms with Crippen molar-refractivity contribution in [2.45, 2.75) is 70.5 Å². The standard InChI is InChI=1S/C27H38N6O5/c1-2-14-38-32-25(28)21-12-11-20(16-29-21)17-31-26(36)23-10-6-7-13-33(23)27(37)22(30-18-24(34)35)15-19-8-4-3-5-9-19/h2,6-7,11-12,14,16,19,22-23,30H,3-5,8-10,13,15,17-18H2,1H3,(H2,28,32)(H,31,36)(H,34,35)/b14-2+. The largest absolute Gasteiger partial charge is 0.480 e. The summed E-state index contributed by atoms with van der Waals surface area (Å²) in [6.07, 6.45) is 14.9. The maximum atomic E-state index is 13.6. The first-order chi connectivity index (χ1) is 18.4. The Bertz CT molecular complexity index is 1030. The lowest BCUT2D eigenvalue weighted by atomic mass is 9.84. The second kappa shape index (κ2) is 14.9. The quantitative estimate of drug-likeness (QED) is 0.106. The molecule has 0 saturated heterocycles. The number of nitrogens with two attached hydrogens (primary N) is 1. The fourth-order valence-electron chi connectivity index (χ4n) is 4.78. The van der Waals surface area contributed by atoms with E-state index in [1.807, 2.05) is 12.2 Å². The van der Waals surface area contributed by atoms with Crippen LogP contribution in [0.2, 0.25) is 0 Å². The van der Waals surface area contributed by atoms with Crippen molar-refractivity contribution in [2.24, 2.45) is 16.8 Å². The van der Waals surface area contributed by atoms with Crippen LogP contribution in [-0.2, 0) is 25.8 Å². The topological polar surface area (TPSA) is 159 Å². The van der Waals surface area contributed by atoms with Crippen LogP contribution < -0.4 is 16.4 Å². The number of carbonyl (C=O) groups excluding carboxylic acids is 2. The second-order valence-corrected chi connectivity index (χ2v) is 9.60. The van der Waals surface area contributed by atoms with Gasteiger partial charge < -0.3 is 25.9 Å². The smallest absolute Gasteiger partial charge is 0.317 e. The van der Waals surface area contributed by atoms with Crippen molar-refractivity contribution in [3.63, 3.8) is 0 Å². The number of allylic oxidation sites excluding steroid dienone is 1. The molecule has 1 aromatic rings. The van der Waals surface area contributed by atoms with Gasteiger partial charge in [-0.1, -0.05) is 55.5 Å². The van der Waals surface area contributed by atoms with Gasteiger partial charge in [-0.3, -0.25) is 24.7 Å². The molecule has 2 aliphatic rings. The SMILES string of the molecule is C/C=C/O/N=C(/N)c1ccc(CNC(=O)C2CC=CCN2C(=O)C(CC2CCCCC2)NCC(=O)O)cn1. The molecule has 2 unspecified atom stereocenters. The number of aliphatic carboxylic acids is 1. The zero-order chi connectivity index (χ0) is 27.3. The number of amidine groups is 1. The minimum Gasteiger partial charge on any atom is -0.480 e. The summed E-state index contributed by atoms with van der Waals surface area (Å²) in [5.41, 5.74) is 7.05. The third-order valence-electron chi connectivity index (χ3n) is 6.78. The van der Waals surface area contributed by atoms with Crippen molar-refractivity contribution >= 4 is 23.6 Å². The van der Waals surface area contributed by atoms with E-state index in [2.05, 4.69) is 20.8 Å². The van der Waals surface area contributed by atoms with Crippen molar-refractivity contribution < 1.29 is 24.3 Å². The Kier molecular flexibility index (Phi) is 11.3. The first kappa shape index (κ1) is 28.8. The number of oxime groups is 1. The number of hydrogen-bond donors (Lipinski definition) is 4. The maximum Gasteiger partial charge on any atom is 0.317 e. The van der Waals surface area contributed by atoms with Crippen LogP contribution in [0.15, 0.2) is 48.0 Å². The van der Waals surface area contributed by atoms with Crippen LogP contribution in [0, 0.1) is 5.92 Å². The number of carbonyl (C=O) groups is 3. The van der Waals surface area contributed by atoms with E-state index in [0.29, 0.717) is 31.0 Å². The molecular formula is C27H38N6O5. The number of nitrogens with one attached hydrogen (secondary N) is 2. The predicted octanol–water partition coefficient (Wildman–Crippen LogP) is 2.04. The van der Waals surface area contributed by atoms with Crippen LogP contribution >= 0.6 is 0 Å². The Morgan fingerprint density at radius 2 is 2.05 bits per heavy atom. The lowest BCUT2D eigenvalue weighted by molar-refractivity contribution is -0.143. The number of hydrogen-bond acceptors (Lipinski definition) is 7. The van der Waals surface area contributed by atoms with Crippen molar-refractivity contribution in [3.8, 4) is 0 Å². The molecule has 1 aliphatic heterocycles. The Morgan fingerprint density at radius 3 is 2.74 bits per heavy atom.